The number of fused-ring (bicyclic) bond motifs is 1. The molecule has 23 heavy (non-hydrogen) atoms. The van der Waals surface area contributed by atoms with Gasteiger partial charge in [0.05, 0.1) is 5.92 Å². The molecule has 2 aromatic rings. The number of hydrogen-bond acceptors (Lipinski definition) is 2. The Hall–Kier alpha value is -2.14. The zero-order valence-corrected chi connectivity index (χ0v) is 14.3. The first-order valence-corrected chi connectivity index (χ1v) is 8.26. The van der Waals surface area contributed by atoms with E-state index in [1.54, 1.807) is 4.90 Å². The first-order chi connectivity index (χ1) is 11.0. The molecule has 1 N–H and O–H groups in total. The quantitative estimate of drug-likeness (QED) is 0.874. The molecule has 0 bridgehead atoms. The molecule has 1 atom stereocenters. The van der Waals surface area contributed by atoms with E-state index in [1.165, 1.54) is 6.92 Å². The van der Waals surface area contributed by atoms with Gasteiger partial charge in [-0.15, -0.1) is 0 Å². The van der Waals surface area contributed by atoms with Crippen molar-refractivity contribution in [2.24, 2.45) is 5.92 Å². The number of anilines is 2. The molecule has 1 aliphatic rings. The molecule has 4 nitrogen and oxygen atoms in total. The van der Waals surface area contributed by atoms with Crippen LogP contribution in [0.5, 0.6) is 0 Å². The van der Waals surface area contributed by atoms with Crippen LogP contribution in [0.4, 0.5) is 11.4 Å². The summed E-state index contributed by atoms with van der Waals surface area (Å²) in [6.45, 7) is 1.94. The molecule has 5 heteroatoms. The zero-order valence-electron chi connectivity index (χ0n) is 12.8. The largest absolute Gasteiger partial charge is 0.326 e. The molecule has 2 aromatic carbocycles. The molecule has 118 valence electrons. The molecule has 0 saturated heterocycles. The average Bonchev–Trinajstić information content (AvgIpc) is 2.55. The zero-order chi connectivity index (χ0) is 16.4. The molecule has 0 aromatic heterocycles. The molecular formula is C18H17BrN2O2. The van der Waals surface area contributed by atoms with Crippen molar-refractivity contribution in [1.82, 2.24) is 0 Å². The monoisotopic (exact) mass is 372 g/mol. The smallest absolute Gasteiger partial charge is 0.229 e. The third kappa shape index (κ3) is 3.45. The third-order valence-electron chi connectivity index (χ3n) is 4.01. The number of nitrogens with one attached hydrogen (secondary N) is 1. The number of para-hydroxylation sites is 1. The lowest BCUT2D eigenvalue weighted by molar-refractivity contribution is -0.120. The Morgan fingerprint density at radius 3 is 2.52 bits per heavy atom. The molecule has 0 spiro atoms. The third-order valence-corrected chi connectivity index (χ3v) is 4.54. The summed E-state index contributed by atoms with van der Waals surface area (Å²) in [5.41, 5.74) is 2.70. The maximum Gasteiger partial charge on any atom is 0.229 e. The molecule has 3 rings (SSSR count). The van der Waals surface area contributed by atoms with Crippen molar-refractivity contribution < 1.29 is 9.59 Å². The SMILES string of the molecule is CC(=O)N1CC(C(=O)Nc2ccc(Br)cc2)Cc2ccccc21. The van der Waals surface area contributed by atoms with Gasteiger partial charge in [-0.3, -0.25) is 9.59 Å². The van der Waals surface area contributed by atoms with Gasteiger partial charge in [-0.2, -0.15) is 0 Å². The highest BCUT2D eigenvalue weighted by atomic mass is 79.9. The summed E-state index contributed by atoms with van der Waals surface area (Å²) in [5, 5.41) is 2.93. The Morgan fingerprint density at radius 1 is 1.13 bits per heavy atom. The highest BCUT2D eigenvalue weighted by molar-refractivity contribution is 9.10. The van der Waals surface area contributed by atoms with Crippen LogP contribution in [-0.4, -0.2) is 18.4 Å². The van der Waals surface area contributed by atoms with E-state index in [-0.39, 0.29) is 17.7 Å². The minimum absolute atomic E-state index is 0.0430. The lowest BCUT2D eigenvalue weighted by atomic mass is 9.91. The number of carbonyl (C=O) groups is 2. The van der Waals surface area contributed by atoms with Gasteiger partial charge in [0, 0.05) is 29.3 Å². The fraction of sp³-hybridized carbons (Fsp3) is 0.222. The van der Waals surface area contributed by atoms with Crippen LogP contribution < -0.4 is 10.2 Å². The van der Waals surface area contributed by atoms with E-state index >= 15 is 0 Å². The fourth-order valence-electron chi connectivity index (χ4n) is 2.85. The number of halogens is 1. The van der Waals surface area contributed by atoms with Crippen molar-refractivity contribution >= 4 is 39.1 Å². The second-order valence-electron chi connectivity index (χ2n) is 5.66. The predicted octanol–water partition coefficient (Wildman–Crippen LogP) is 3.61. The van der Waals surface area contributed by atoms with Crippen LogP contribution in [0, 0.1) is 5.92 Å². The Bertz CT molecular complexity index is 743. The van der Waals surface area contributed by atoms with Crippen LogP contribution in [0.2, 0.25) is 0 Å². The topological polar surface area (TPSA) is 49.4 Å². The van der Waals surface area contributed by atoms with E-state index in [2.05, 4.69) is 21.2 Å². The standard InChI is InChI=1S/C18H17BrN2O2/c1-12(22)21-11-14(10-13-4-2-3-5-17(13)21)18(23)20-16-8-6-15(19)7-9-16/h2-9,14H,10-11H2,1H3,(H,20,23). The molecule has 2 amide bonds. The molecular weight excluding hydrogens is 356 g/mol. The van der Waals surface area contributed by atoms with E-state index in [1.807, 2.05) is 48.5 Å². The molecule has 0 fully saturated rings. The van der Waals surface area contributed by atoms with Crippen LogP contribution in [0.1, 0.15) is 12.5 Å². The van der Waals surface area contributed by atoms with E-state index in [0.29, 0.717) is 13.0 Å². The summed E-state index contributed by atoms with van der Waals surface area (Å²) in [6, 6.07) is 15.2. The minimum atomic E-state index is -0.252. The van der Waals surface area contributed by atoms with E-state index in [4.69, 9.17) is 0 Å². The van der Waals surface area contributed by atoms with Crippen molar-refractivity contribution in [3.63, 3.8) is 0 Å². The summed E-state index contributed by atoms with van der Waals surface area (Å²) in [7, 11) is 0. The molecule has 1 aliphatic heterocycles. The van der Waals surface area contributed by atoms with Crippen LogP contribution >= 0.6 is 15.9 Å². The minimum Gasteiger partial charge on any atom is -0.326 e. The first-order valence-electron chi connectivity index (χ1n) is 7.47. The fourth-order valence-corrected chi connectivity index (χ4v) is 3.11. The highest BCUT2D eigenvalue weighted by Crippen LogP contribution is 2.30. The van der Waals surface area contributed by atoms with Gasteiger partial charge in [0.15, 0.2) is 0 Å². The number of carbonyl (C=O) groups excluding carboxylic acids is 2. The molecule has 1 unspecified atom stereocenters. The summed E-state index contributed by atoms with van der Waals surface area (Å²) < 4.78 is 0.963. The van der Waals surface area contributed by atoms with Crippen LogP contribution in [0.15, 0.2) is 53.0 Å². The van der Waals surface area contributed by atoms with E-state index < -0.39 is 0 Å². The lowest BCUT2D eigenvalue weighted by Gasteiger charge is -2.33. The van der Waals surface area contributed by atoms with Gasteiger partial charge in [-0.05, 0) is 42.3 Å². The van der Waals surface area contributed by atoms with Crippen molar-refractivity contribution in [2.45, 2.75) is 13.3 Å². The first kappa shape index (κ1) is 15.7. The van der Waals surface area contributed by atoms with Gasteiger partial charge in [-0.25, -0.2) is 0 Å². The van der Waals surface area contributed by atoms with Crippen LogP contribution in [-0.2, 0) is 16.0 Å². The van der Waals surface area contributed by atoms with Crippen LogP contribution in [0.25, 0.3) is 0 Å². The Labute approximate surface area is 143 Å². The number of rotatable bonds is 2. The number of nitrogens with zero attached hydrogens (tertiary/aromatic N) is 1. The number of benzene rings is 2. The summed E-state index contributed by atoms with van der Waals surface area (Å²) >= 11 is 3.37. The van der Waals surface area contributed by atoms with Gasteiger partial charge in [0.1, 0.15) is 0 Å². The summed E-state index contributed by atoms with van der Waals surface area (Å²) in [4.78, 5) is 26.2. The maximum absolute atomic E-state index is 12.6. The number of hydrogen-bond donors (Lipinski definition) is 1. The van der Waals surface area contributed by atoms with Crippen molar-refractivity contribution in [3.8, 4) is 0 Å². The van der Waals surface area contributed by atoms with Gasteiger partial charge >= 0.3 is 0 Å². The van der Waals surface area contributed by atoms with Gasteiger partial charge < -0.3 is 10.2 Å². The Morgan fingerprint density at radius 2 is 1.83 bits per heavy atom. The van der Waals surface area contributed by atoms with E-state index in [9.17, 15) is 9.59 Å². The second kappa shape index (κ2) is 6.54. The predicted molar refractivity (Wildman–Crippen MR) is 94.4 cm³/mol. The maximum atomic E-state index is 12.6. The second-order valence-corrected chi connectivity index (χ2v) is 6.57. The molecule has 0 radical (unpaired) electrons. The van der Waals surface area contributed by atoms with Gasteiger partial charge in [0.2, 0.25) is 11.8 Å². The van der Waals surface area contributed by atoms with Crippen LogP contribution in [0.3, 0.4) is 0 Å². The van der Waals surface area contributed by atoms with E-state index in [0.717, 1.165) is 21.4 Å². The van der Waals surface area contributed by atoms with Crippen molar-refractivity contribution in [1.29, 1.82) is 0 Å². The molecule has 0 aliphatic carbocycles. The lowest BCUT2D eigenvalue weighted by Crippen LogP contribution is -2.43. The summed E-state index contributed by atoms with van der Waals surface area (Å²) in [5.74, 6) is -0.357. The Kier molecular flexibility index (Phi) is 4.48. The normalized spacial score (nSPS) is 16.6. The Balaban J connectivity index is 1.79. The average molecular weight is 373 g/mol. The number of amides is 2. The van der Waals surface area contributed by atoms with Crippen molar-refractivity contribution in [2.75, 3.05) is 16.8 Å². The summed E-state index contributed by atoms with van der Waals surface area (Å²) in [6.07, 6.45) is 0.641. The molecule has 0 saturated carbocycles. The van der Waals surface area contributed by atoms with Gasteiger partial charge in [0.25, 0.3) is 0 Å². The highest BCUT2D eigenvalue weighted by Gasteiger charge is 2.30. The van der Waals surface area contributed by atoms with Crippen molar-refractivity contribution in [3.05, 3.63) is 58.6 Å². The molecule has 1 heterocycles. The van der Waals surface area contributed by atoms with Gasteiger partial charge in [-0.1, -0.05) is 34.1 Å².